The first-order valence-electron chi connectivity index (χ1n) is 6.27. The Balaban J connectivity index is 2.13. The van der Waals surface area contributed by atoms with Gasteiger partial charge in [0, 0.05) is 18.3 Å². The summed E-state index contributed by atoms with van der Waals surface area (Å²) >= 11 is 0. The number of ketones is 1. The second-order valence-corrected chi connectivity index (χ2v) is 5.40. The highest BCUT2D eigenvalue weighted by Crippen LogP contribution is 2.51. The summed E-state index contributed by atoms with van der Waals surface area (Å²) < 4.78 is 5.68. The highest BCUT2D eigenvalue weighted by molar-refractivity contribution is 5.82. The molecule has 86 valence electrons. The monoisotopic (exact) mass is 210 g/mol. The van der Waals surface area contributed by atoms with Gasteiger partial charge in [0.1, 0.15) is 5.78 Å². The van der Waals surface area contributed by atoms with Gasteiger partial charge < -0.3 is 4.74 Å². The summed E-state index contributed by atoms with van der Waals surface area (Å²) in [6, 6.07) is 0. The SMILES string of the molecule is CCCC(C)C1C(C)C(=O)CCC12CO2. The normalized spacial score (nSPS) is 41.9. The van der Waals surface area contributed by atoms with E-state index in [1.165, 1.54) is 12.8 Å². The van der Waals surface area contributed by atoms with E-state index in [9.17, 15) is 4.79 Å². The van der Waals surface area contributed by atoms with Crippen LogP contribution >= 0.6 is 0 Å². The Morgan fingerprint density at radius 1 is 1.60 bits per heavy atom. The van der Waals surface area contributed by atoms with Crippen LogP contribution in [-0.4, -0.2) is 18.0 Å². The molecule has 0 radical (unpaired) electrons. The summed E-state index contributed by atoms with van der Waals surface area (Å²) in [4.78, 5) is 11.8. The smallest absolute Gasteiger partial charge is 0.136 e. The van der Waals surface area contributed by atoms with Gasteiger partial charge in [-0.2, -0.15) is 0 Å². The largest absolute Gasteiger partial charge is 0.369 e. The van der Waals surface area contributed by atoms with Gasteiger partial charge in [0.25, 0.3) is 0 Å². The van der Waals surface area contributed by atoms with Gasteiger partial charge in [-0.25, -0.2) is 0 Å². The molecular formula is C13H22O2. The van der Waals surface area contributed by atoms with Crippen LogP contribution in [0.1, 0.15) is 46.5 Å². The molecule has 4 atom stereocenters. The summed E-state index contributed by atoms with van der Waals surface area (Å²) in [5.41, 5.74) is 0.0991. The van der Waals surface area contributed by atoms with Crippen molar-refractivity contribution >= 4 is 5.78 Å². The second kappa shape index (κ2) is 3.89. The lowest BCUT2D eigenvalue weighted by molar-refractivity contribution is -0.129. The molecule has 1 aliphatic carbocycles. The highest BCUT2D eigenvalue weighted by Gasteiger charge is 2.58. The molecule has 0 aromatic rings. The predicted octanol–water partition coefficient (Wildman–Crippen LogP) is 2.81. The zero-order chi connectivity index (χ0) is 11.1. The molecular weight excluding hydrogens is 188 g/mol. The summed E-state index contributed by atoms with van der Waals surface area (Å²) in [7, 11) is 0. The van der Waals surface area contributed by atoms with Crippen molar-refractivity contribution in [1.82, 2.24) is 0 Å². The van der Waals surface area contributed by atoms with E-state index >= 15 is 0 Å². The maximum absolute atomic E-state index is 11.8. The topological polar surface area (TPSA) is 29.6 Å². The number of epoxide rings is 1. The van der Waals surface area contributed by atoms with E-state index in [2.05, 4.69) is 20.8 Å². The first kappa shape index (κ1) is 11.1. The Hall–Kier alpha value is -0.370. The number of hydrogen-bond donors (Lipinski definition) is 0. The number of carbonyl (C=O) groups excluding carboxylic acids is 1. The lowest BCUT2D eigenvalue weighted by Gasteiger charge is -2.37. The molecule has 15 heavy (non-hydrogen) atoms. The van der Waals surface area contributed by atoms with E-state index in [4.69, 9.17) is 4.74 Å². The molecule has 0 N–H and O–H groups in total. The van der Waals surface area contributed by atoms with Crippen molar-refractivity contribution in [2.75, 3.05) is 6.61 Å². The zero-order valence-corrected chi connectivity index (χ0v) is 10.1. The minimum atomic E-state index is 0.0991. The van der Waals surface area contributed by atoms with Gasteiger partial charge in [-0.3, -0.25) is 4.79 Å². The molecule has 1 spiro atoms. The molecule has 4 unspecified atom stereocenters. The summed E-state index contributed by atoms with van der Waals surface area (Å²) in [6.45, 7) is 7.49. The Bertz CT molecular complexity index is 255. The van der Waals surface area contributed by atoms with Gasteiger partial charge >= 0.3 is 0 Å². The van der Waals surface area contributed by atoms with Crippen molar-refractivity contribution in [3.63, 3.8) is 0 Å². The van der Waals surface area contributed by atoms with Crippen molar-refractivity contribution in [3.8, 4) is 0 Å². The molecule has 0 aromatic carbocycles. The molecule has 0 bridgehead atoms. The first-order valence-corrected chi connectivity index (χ1v) is 6.27. The summed E-state index contributed by atoms with van der Waals surface area (Å²) in [5, 5.41) is 0. The quantitative estimate of drug-likeness (QED) is 0.670. The first-order chi connectivity index (χ1) is 7.10. The Morgan fingerprint density at radius 2 is 2.27 bits per heavy atom. The van der Waals surface area contributed by atoms with Crippen LogP contribution in [0.2, 0.25) is 0 Å². The number of ether oxygens (including phenoxy) is 1. The van der Waals surface area contributed by atoms with E-state index < -0.39 is 0 Å². The Labute approximate surface area is 92.4 Å². The second-order valence-electron chi connectivity index (χ2n) is 5.40. The van der Waals surface area contributed by atoms with Crippen molar-refractivity contribution in [3.05, 3.63) is 0 Å². The van der Waals surface area contributed by atoms with Crippen LogP contribution in [0.3, 0.4) is 0 Å². The van der Waals surface area contributed by atoms with Crippen LogP contribution in [-0.2, 0) is 9.53 Å². The van der Waals surface area contributed by atoms with Crippen molar-refractivity contribution in [1.29, 1.82) is 0 Å². The van der Waals surface area contributed by atoms with E-state index in [0.29, 0.717) is 17.6 Å². The van der Waals surface area contributed by atoms with Gasteiger partial charge in [-0.1, -0.05) is 33.6 Å². The van der Waals surface area contributed by atoms with Crippen LogP contribution in [0.4, 0.5) is 0 Å². The van der Waals surface area contributed by atoms with Gasteiger partial charge in [-0.15, -0.1) is 0 Å². The van der Waals surface area contributed by atoms with E-state index in [0.717, 1.165) is 19.4 Å². The molecule has 1 heterocycles. The van der Waals surface area contributed by atoms with Crippen molar-refractivity contribution < 1.29 is 9.53 Å². The Kier molecular flexibility index (Phi) is 2.89. The fourth-order valence-corrected chi connectivity index (χ4v) is 3.46. The number of rotatable bonds is 3. The molecule has 2 aliphatic rings. The number of carbonyl (C=O) groups is 1. The van der Waals surface area contributed by atoms with Crippen molar-refractivity contribution in [2.45, 2.75) is 52.1 Å². The molecule has 1 saturated heterocycles. The Morgan fingerprint density at radius 3 is 2.80 bits per heavy atom. The fraction of sp³-hybridized carbons (Fsp3) is 0.923. The lowest BCUT2D eigenvalue weighted by Crippen LogP contribution is -2.43. The molecule has 2 fully saturated rings. The fourth-order valence-electron chi connectivity index (χ4n) is 3.46. The molecule has 2 rings (SSSR count). The third kappa shape index (κ3) is 1.84. The van der Waals surface area contributed by atoms with Crippen LogP contribution in [0.25, 0.3) is 0 Å². The molecule has 1 saturated carbocycles. The molecule has 0 amide bonds. The van der Waals surface area contributed by atoms with Gasteiger partial charge in [0.05, 0.1) is 12.2 Å². The van der Waals surface area contributed by atoms with Gasteiger partial charge in [0.15, 0.2) is 0 Å². The molecule has 2 nitrogen and oxygen atoms in total. The van der Waals surface area contributed by atoms with E-state index in [-0.39, 0.29) is 11.5 Å². The molecule has 2 heteroatoms. The zero-order valence-electron chi connectivity index (χ0n) is 10.1. The number of hydrogen-bond acceptors (Lipinski definition) is 2. The third-order valence-corrected chi connectivity index (χ3v) is 4.32. The maximum Gasteiger partial charge on any atom is 0.136 e. The minimum absolute atomic E-state index is 0.0991. The predicted molar refractivity (Wildman–Crippen MR) is 59.7 cm³/mol. The van der Waals surface area contributed by atoms with Crippen molar-refractivity contribution in [2.24, 2.45) is 17.8 Å². The van der Waals surface area contributed by atoms with Crippen LogP contribution in [0, 0.1) is 17.8 Å². The standard InChI is InChI=1S/C13H22O2/c1-4-5-9(2)12-10(3)11(14)6-7-13(12)8-15-13/h9-10,12H,4-8H2,1-3H3. The van der Waals surface area contributed by atoms with Crippen LogP contribution in [0.5, 0.6) is 0 Å². The summed E-state index contributed by atoms with van der Waals surface area (Å²) in [6.07, 6.45) is 4.12. The average Bonchev–Trinajstić information content (AvgIpc) is 2.94. The highest BCUT2D eigenvalue weighted by atomic mass is 16.6. The molecule has 0 aromatic heterocycles. The average molecular weight is 210 g/mol. The van der Waals surface area contributed by atoms with E-state index in [1.807, 2.05) is 0 Å². The molecule has 1 aliphatic heterocycles. The summed E-state index contributed by atoms with van der Waals surface area (Å²) in [5.74, 6) is 1.75. The minimum Gasteiger partial charge on any atom is -0.369 e. The third-order valence-electron chi connectivity index (χ3n) is 4.32. The number of Topliss-reactive ketones (excluding diaryl/α,β-unsaturated/α-hetero) is 1. The maximum atomic E-state index is 11.8. The van der Waals surface area contributed by atoms with Gasteiger partial charge in [-0.05, 0) is 12.3 Å². The van der Waals surface area contributed by atoms with Gasteiger partial charge in [0.2, 0.25) is 0 Å². The van der Waals surface area contributed by atoms with Crippen LogP contribution in [0.15, 0.2) is 0 Å². The van der Waals surface area contributed by atoms with Crippen LogP contribution < -0.4 is 0 Å². The van der Waals surface area contributed by atoms with E-state index in [1.54, 1.807) is 0 Å². The lowest BCUT2D eigenvalue weighted by atomic mass is 9.66.